The Morgan fingerprint density at radius 1 is 1.35 bits per heavy atom. The molecular weight excluding hydrogens is 334 g/mol. The van der Waals surface area contributed by atoms with Crippen LogP contribution in [0.1, 0.15) is 15.2 Å². The van der Waals surface area contributed by atoms with E-state index in [4.69, 9.17) is 0 Å². The monoisotopic (exact) mass is 351 g/mol. The number of ether oxygens (including phenoxy) is 1. The summed E-state index contributed by atoms with van der Waals surface area (Å²) >= 11 is 1.49. The summed E-state index contributed by atoms with van der Waals surface area (Å²) < 4.78 is 31.6. The van der Waals surface area contributed by atoms with E-state index in [0.717, 1.165) is 4.88 Å². The number of esters is 1. The number of sulfonamides is 1. The van der Waals surface area contributed by atoms with Gasteiger partial charge in [-0.1, -0.05) is 18.2 Å². The first kappa shape index (κ1) is 17.4. The molecular formula is C16H17NO4S2. The fourth-order valence-electron chi connectivity index (χ4n) is 2.02. The Labute approximate surface area is 139 Å². The number of carbonyl (C=O) groups is 1. The molecule has 0 aliphatic heterocycles. The summed E-state index contributed by atoms with van der Waals surface area (Å²) in [7, 11) is -2.49. The van der Waals surface area contributed by atoms with Crippen molar-refractivity contribution in [3.05, 3.63) is 64.9 Å². The molecule has 0 aliphatic carbocycles. The highest BCUT2D eigenvalue weighted by atomic mass is 32.2. The maximum atomic E-state index is 12.8. The fourth-order valence-corrected chi connectivity index (χ4v) is 4.25. The Hall–Kier alpha value is -1.96. The van der Waals surface area contributed by atoms with E-state index in [2.05, 4.69) is 11.3 Å². The Kier molecular flexibility index (Phi) is 5.70. The van der Waals surface area contributed by atoms with Crippen molar-refractivity contribution in [2.75, 3.05) is 13.7 Å². The van der Waals surface area contributed by atoms with Crippen LogP contribution in [0.4, 0.5) is 0 Å². The second-order valence-electron chi connectivity index (χ2n) is 4.69. The number of hydrogen-bond donors (Lipinski definition) is 0. The molecule has 0 bridgehead atoms. The number of rotatable bonds is 7. The van der Waals surface area contributed by atoms with Gasteiger partial charge in [-0.2, -0.15) is 4.31 Å². The van der Waals surface area contributed by atoms with Gasteiger partial charge in [-0.05, 0) is 29.6 Å². The lowest BCUT2D eigenvalue weighted by atomic mass is 10.2. The summed E-state index contributed by atoms with van der Waals surface area (Å²) in [6.45, 7) is 4.06. The molecule has 1 aromatic carbocycles. The highest BCUT2D eigenvalue weighted by Gasteiger charge is 2.25. The molecule has 0 saturated heterocycles. The van der Waals surface area contributed by atoms with Gasteiger partial charge in [0.15, 0.2) is 0 Å². The Morgan fingerprint density at radius 3 is 2.74 bits per heavy atom. The van der Waals surface area contributed by atoms with E-state index in [1.54, 1.807) is 0 Å². The first-order valence-corrected chi connectivity index (χ1v) is 9.13. The minimum Gasteiger partial charge on any atom is -0.465 e. The molecule has 0 spiro atoms. The fraction of sp³-hybridized carbons (Fsp3) is 0.188. The van der Waals surface area contributed by atoms with Gasteiger partial charge < -0.3 is 4.74 Å². The van der Waals surface area contributed by atoms with Crippen LogP contribution in [0.5, 0.6) is 0 Å². The van der Waals surface area contributed by atoms with E-state index in [1.165, 1.54) is 53.1 Å². The third kappa shape index (κ3) is 4.07. The van der Waals surface area contributed by atoms with E-state index < -0.39 is 16.0 Å². The van der Waals surface area contributed by atoms with Crippen LogP contribution < -0.4 is 0 Å². The largest absolute Gasteiger partial charge is 0.465 e. The van der Waals surface area contributed by atoms with Crippen LogP contribution in [0, 0.1) is 0 Å². The van der Waals surface area contributed by atoms with Crippen LogP contribution in [0.15, 0.2) is 59.3 Å². The summed E-state index contributed by atoms with van der Waals surface area (Å²) in [5.41, 5.74) is 0.197. The van der Waals surface area contributed by atoms with Gasteiger partial charge in [0.1, 0.15) is 0 Å². The first-order valence-electron chi connectivity index (χ1n) is 6.81. The molecule has 0 unspecified atom stereocenters. The molecule has 0 atom stereocenters. The van der Waals surface area contributed by atoms with Crippen LogP contribution in [0.3, 0.4) is 0 Å². The predicted octanol–water partition coefficient (Wildman–Crippen LogP) is 2.91. The SMILES string of the molecule is C=CCN(Cc1cccs1)S(=O)(=O)c1cccc(C(=O)OC)c1. The molecule has 0 radical (unpaired) electrons. The topological polar surface area (TPSA) is 63.7 Å². The van der Waals surface area contributed by atoms with Crippen molar-refractivity contribution in [1.29, 1.82) is 0 Å². The maximum Gasteiger partial charge on any atom is 0.337 e. The zero-order valence-corrected chi connectivity index (χ0v) is 14.3. The third-order valence-electron chi connectivity index (χ3n) is 3.14. The minimum atomic E-state index is -3.74. The molecule has 2 aromatic rings. The summed E-state index contributed by atoms with van der Waals surface area (Å²) in [6, 6.07) is 9.58. The molecule has 0 fully saturated rings. The lowest BCUT2D eigenvalue weighted by molar-refractivity contribution is 0.0600. The Morgan fingerprint density at radius 2 is 2.13 bits per heavy atom. The quantitative estimate of drug-likeness (QED) is 0.568. The number of methoxy groups -OCH3 is 1. The summed E-state index contributed by atoms with van der Waals surface area (Å²) in [5.74, 6) is -0.574. The first-order chi connectivity index (χ1) is 11.0. The van der Waals surface area contributed by atoms with Gasteiger partial charge in [-0.3, -0.25) is 0 Å². The highest BCUT2D eigenvalue weighted by molar-refractivity contribution is 7.89. The van der Waals surface area contributed by atoms with Crippen molar-refractivity contribution >= 4 is 27.3 Å². The number of thiophene rings is 1. The second kappa shape index (κ2) is 7.54. The van der Waals surface area contributed by atoms with Crippen molar-refractivity contribution in [1.82, 2.24) is 4.31 Å². The molecule has 0 N–H and O–H groups in total. The number of nitrogens with zero attached hydrogens (tertiary/aromatic N) is 1. The molecule has 0 aliphatic rings. The third-order valence-corrected chi connectivity index (χ3v) is 5.81. The van der Waals surface area contributed by atoms with Crippen molar-refractivity contribution in [3.63, 3.8) is 0 Å². The van der Waals surface area contributed by atoms with Crippen LogP contribution in [-0.4, -0.2) is 32.3 Å². The van der Waals surface area contributed by atoms with Gasteiger partial charge in [0.05, 0.1) is 17.6 Å². The molecule has 0 amide bonds. The van der Waals surface area contributed by atoms with Gasteiger partial charge >= 0.3 is 5.97 Å². The van der Waals surface area contributed by atoms with Crippen LogP contribution >= 0.6 is 11.3 Å². The lowest BCUT2D eigenvalue weighted by Crippen LogP contribution is -2.30. The normalized spacial score (nSPS) is 11.4. The number of benzene rings is 1. The smallest absolute Gasteiger partial charge is 0.337 e. The molecule has 1 aromatic heterocycles. The van der Waals surface area contributed by atoms with Gasteiger partial charge in [0, 0.05) is 18.0 Å². The standard InChI is InChI=1S/C16H17NO4S2/c1-3-9-17(12-14-7-5-10-22-14)23(19,20)15-8-4-6-13(11-15)16(18)21-2/h3-8,10-11H,1,9,12H2,2H3. The van der Waals surface area contributed by atoms with E-state index in [-0.39, 0.29) is 23.5 Å². The van der Waals surface area contributed by atoms with E-state index in [9.17, 15) is 13.2 Å². The highest BCUT2D eigenvalue weighted by Crippen LogP contribution is 2.21. The Balaban J connectivity index is 2.37. The van der Waals surface area contributed by atoms with Crippen LogP contribution in [0.2, 0.25) is 0 Å². The van der Waals surface area contributed by atoms with Crippen molar-refractivity contribution < 1.29 is 17.9 Å². The summed E-state index contributed by atoms with van der Waals surface area (Å²) in [5, 5.41) is 1.89. The molecule has 122 valence electrons. The molecule has 0 saturated carbocycles. The average molecular weight is 351 g/mol. The zero-order chi connectivity index (χ0) is 16.9. The van der Waals surface area contributed by atoms with Crippen LogP contribution in [-0.2, 0) is 21.3 Å². The molecule has 7 heteroatoms. The summed E-state index contributed by atoms with van der Waals surface area (Å²) in [6.07, 6.45) is 1.54. The Bertz CT molecular complexity index is 782. The van der Waals surface area contributed by atoms with Crippen molar-refractivity contribution in [3.8, 4) is 0 Å². The van der Waals surface area contributed by atoms with Gasteiger partial charge in [-0.25, -0.2) is 13.2 Å². The van der Waals surface area contributed by atoms with E-state index in [0.29, 0.717) is 0 Å². The van der Waals surface area contributed by atoms with Crippen molar-refractivity contribution in [2.45, 2.75) is 11.4 Å². The number of carbonyl (C=O) groups excluding carboxylic acids is 1. The van der Waals surface area contributed by atoms with Crippen LogP contribution in [0.25, 0.3) is 0 Å². The van der Waals surface area contributed by atoms with E-state index >= 15 is 0 Å². The number of hydrogen-bond acceptors (Lipinski definition) is 5. The maximum absolute atomic E-state index is 12.8. The molecule has 5 nitrogen and oxygen atoms in total. The van der Waals surface area contributed by atoms with Gasteiger partial charge in [0.25, 0.3) is 0 Å². The predicted molar refractivity (Wildman–Crippen MR) is 89.9 cm³/mol. The lowest BCUT2D eigenvalue weighted by Gasteiger charge is -2.20. The molecule has 2 rings (SSSR count). The van der Waals surface area contributed by atoms with Gasteiger partial charge in [0.2, 0.25) is 10.0 Å². The minimum absolute atomic E-state index is 0.0545. The zero-order valence-electron chi connectivity index (χ0n) is 12.6. The van der Waals surface area contributed by atoms with Crippen molar-refractivity contribution in [2.24, 2.45) is 0 Å². The molecule has 23 heavy (non-hydrogen) atoms. The second-order valence-corrected chi connectivity index (χ2v) is 7.66. The summed E-state index contributed by atoms with van der Waals surface area (Å²) in [4.78, 5) is 12.6. The van der Waals surface area contributed by atoms with E-state index in [1.807, 2.05) is 17.5 Å². The van der Waals surface area contributed by atoms with Gasteiger partial charge in [-0.15, -0.1) is 17.9 Å². The molecule has 1 heterocycles. The average Bonchev–Trinajstić information content (AvgIpc) is 3.07.